The molecule has 12 heavy (non-hydrogen) atoms. The van der Waals surface area contributed by atoms with E-state index in [1.54, 1.807) is 0 Å². The Labute approximate surface area is 126 Å². The third kappa shape index (κ3) is 4.96. The second kappa shape index (κ2) is 6.54. The van der Waals surface area contributed by atoms with Gasteiger partial charge in [-0.25, -0.2) is 0 Å². The van der Waals surface area contributed by atoms with Crippen LogP contribution in [0.3, 0.4) is 0 Å². The van der Waals surface area contributed by atoms with Crippen molar-refractivity contribution in [3.8, 4) is 5.75 Å². The van der Waals surface area contributed by atoms with Crippen molar-refractivity contribution in [2.75, 3.05) is 0 Å². The molecule has 1 nitrogen and oxygen atoms in total. The third-order valence-electron chi connectivity index (χ3n) is 1.23. The SMILES string of the molecule is Cc1ccc(OC(=S)S)cc1.[KH]. The molecule has 0 heterocycles. The molecule has 0 aliphatic heterocycles. The molecule has 1 rings (SSSR count). The van der Waals surface area contributed by atoms with Crippen LogP contribution in [0.5, 0.6) is 5.75 Å². The average molecular weight is 224 g/mol. The summed E-state index contributed by atoms with van der Waals surface area (Å²) >= 11 is 8.50. The van der Waals surface area contributed by atoms with Gasteiger partial charge in [-0.3, -0.25) is 0 Å². The Morgan fingerprint density at radius 2 is 1.83 bits per heavy atom. The van der Waals surface area contributed by atoms with Gasteiger partial charge in [0.2, 0.25) is 4.38 Å². The Kier molecular flexibility index (Phi) is 7.13. The number of ether oxygens (including phenoxy) is 1. The monoisotopic (exact) mass is 224 g/mol. The number of thiol groups is 1. The van der Waals surface area contributed by atoms with E-state index >= 15 is 0 Å². The molecule has 0 aliphatic carbocycles. The minimum atomic E-state index is 0. The van der Waals surface area contributed by atoms with Crippen molar-refractivity contribution in [2.24, 2.45) is 0 Å². The molecule has 0 aliphatic rings. The summed E-state index contributed by atoms with van der Waals surface area (Å²) in [5, 5.41) is 0. The first-order valence-electron chi connectivity index (χ1n) is 3.16. The number of thiocarbonyl (C=S) groups is 1. The fraction of sp³-hybridized carbons (Fsp3) is 0.125. The molecule has 0 amide bonds. The molecule has 0 radical (unpaired) electrons. The Balaban J connectivity index is 0.00000121. The summed E-state index contributed by atoms with van der Waals surface area (Å²) in [4.78, 5) is 0. The molecule has 0 atom stereocenters. The van der Waals surface area contributed by atoms with Crippen molar-refractivity contribution in [3.05, 3.63) is 29.8 Å². The second-order valence-electron chi connectivity index (χ2n) is 2.18. The molecule has 4 heteroatoms. The van der Waals surface area contributed by atoms with Crippen LogP contribution in [0.15, 0.2) is 24.3 Å². The van der Waals surface area contributed by atoms with Crippen LogP contribution < -0.4 is 4.74 Å². The zero-order valence-corrected chi connectivity index (χ0v) is 7.78. The summed E-state index contributed by atoms with van der Waals surface area (Å²) in [6.07, 6.45) is 0. The van der Waals surface area contributed by atoms with Crippen molar-refractivity contribution in [1.29, 1.82) is 0 Å². The Morgan fingerprint density at radius 3 is 2.25 bits per heavy atom. The number of benzene rings is 1. The van der Waals surface area contributed by atoms with E-state index in [1.807, 2.05) is 31.2 Å². The molecule has 0 unspecified atom stereocenters. The molecule has 0 aromatic heterocycles. The van der Waals surface area contributed by atoms with Crippen LogP contribution in [0.25, 0.3) is 0 Å². The topological polar surface area (TPSA) is 9.23 Å². The molecule has 0 bridgehead atoms. The predicted octanol–water partition coefficient (Wildman–Crippen LogP) is 1.94. The first-order valence-corrected chi connectivity index (χ1v) is 4.01. The van der Waals surface area contributed by atoms with Gasteiger partial charge in [0.05, 0.1) is 0 Å². The van der Waals surface area contributed by atoms with Gasteiger partial charge in [-0.05, 0) is 31.3 Å². The van der Waals surface area contributed by atoms with Gasteiger partial charge in [0.1, 0.15) is 5.75 Å². The van der Waals surface area contributed by atoms with Gasteiger partial charge in [-0.2, -0.15) is 0 Å². The second-order valence-corrected chi connectivity index (χ2v) is 3.26. The van der Waals surface area contributed by atoms with E-state index in [1.165, 1.54) is 5.56 Å². The van der Waals surface area contributed by atoms with Crippen molar-refractivity contribution < 1.29 is 4.74 Å². The van der Waals surface area contributed by atoms with E-state index in [9.17, 15) is 0 Å². The Morgan fingerprint density at radius 1 is 1.33 bits per heavy atom. The van der Waals surface area contributed by atoms with Crippen LogP contribution in [-0.4, -0.2) is 55.8 Å². The van der Waals surface area contributed by atoms with E-state index in [0.717, 1.165) is 5.75 Å². The van der Waals surface area contributed by atoms with Gasteiger partial charge in [-0.1, -0.05) is 30.3 Å². The average Bonchev–Trinajstić information content (AvgIpc) is 1.93. The van der Waals surface area contributed by atoms with Crippen molar-refractivity contribution in [2.45, 2.75) is 6.92 Å². The molecule has 0 spiro atoms. The van der Waals surface area contributed by atoms with Crippen LogP contribution in [0, 0.1) is 6.92 Å². The summed E-state index contributed by atoms with van der Waals surface area (Å²) in [7, 11) is 0. The first kappa shape index (κ1) is 13.1. The first-order chi connectivity index (χ1) is 5.18. The summed E-state index contributed by atoms with van der Waals surface area (Å²) in [6.45, 7) is 2.02. The number of hydrogen-bond acceptors (Lipinski definition) is 2. The molecule has 60 valence electrons. The number of aryl methyl sites for hydroxylation is 1. The number of hydrogen-bond donors (Lipinski definition) is 1. The van der Waals surface area contributed by atoms with Crippen LogP contribution in [0.2, 0.25) is 0 Å². The summed E-state index contributed by atoms with van der Waals surface area (Å²) < 4.78 is 5.31. The molecule has 0 saturated heterocycles. The molecular weight excluding hydrogens is 215 g/mol. The van der Waals surface area contributed by atoms with Crippen molar-refractivity contribution in [3.63, 3.8) is 0 Å². The van der Waals surface area contributed by atoms with E-state index < -0.39 is 0 Å². The van der Waals surface area contributed by atoms with Gasteiger partial charge in [0.25, 0.3) is 0 Å². The normalized spacial score (nSPS) is 8.50. The molecular formula is C8H9KOS2. The Bertz CT molecular complexity index is 258. The standard InChI is InChI=1S/C8H8OS2.K.H/c1-6-2-4-7(5-3-6)9-8(10)11;;/h2-5H,1H3,(H,10,11);;. The number of rotatable bonds is 1. The van der Waals surface area contributed by atoms with Crippen LogP contribution >= 0.6 is 24.8 Å². The van der Waals surface area contributed by atoms with Crippen LogP contribution in [0.4, 0.5) is 0 Å². The van der Waals surface area contributed by atoms with Crippen molar-refractivity contribution in [1.82, 2.24) is 0 Å². The van der Waals surface area contributed by atoms with E-state index in [-0.39, 0.29) is 55.8 Å². The summed E-state index contributed by atoms with van der Waals surface area (Å²) in [5.41, 5.74) is 1.20. The van der Waals surface area contributed by atoms with Gasteiger partial charge in [0.15, 0.2) is 0 Å². The minimum absolute atomic E-state index is 0. The van der Waals surface area contributed by atoms with Gasteiger partial charge < -0.3 is 4.74 Å². The van der Waals surface area contributed by atoms with Crippen molar-refractivity contribution >= 4 is 80.6 Å². The molecule has 1 aromatic rings. The predicted molar refractivity (Wildman–Crippen MR) is 60.5 cm³/mol. The zero-order valence-electron chi connectivity index (χ0n) is 6.07. The van der Waals surface area contributed by atoms with Gasteiger partial charge in [0, 0.05) is 0 Å². The zero-order chi connectivity index (χ0) is 8.27. The fourth-order valence-electron chi connectivity index (χ4n) is 0.707. The molecule has 0 N–H and O–H groups in total. The summed E-state index contributed by atoms with van der Waals surface area (Å²) in [6, 6.07) is 7.64. The maximum absolute atomic E-state index is 5.06. The molecule has 0 fully saturated rings. The molecule has 1 aromatic carbocycles. The van der Waals surface area contributed by atoms with Gasteiger partial charge in [-0.15, -0.1) is 0 Å². The van der Waals surface area contributed by atoms with E-state index in [2.05, 4.69) is 24.8 Å². The fourth-order valence-corrected chi connectivity index (χ4v) is 0.909. The Hall–Kier alpha value is 1.10. The maximum atomic E-state index is 5.06. The third-order valence-corrected chi connectivity index (χ3v) is 1.40. The van der Waals surface area contributed by atoms with E-state index in [4.69, 9.17) is 4.74 Å². The van der Waals surface area contributed by atoms with Crippen LogP contribution in [-0.2, 0) is 0 Å². The van der Waals surface area contributed by atoms with E-state index in [0.29, 0.717) is 0 Å². The molecule has 0 saturated carbocycles. The summed E-state index contributed by atoms with van der Waals surface area (Å²) in [5.74, 6) is 0.732. The van der Waals surface area contributed by atoms with Crippen LogP contribution in [0.1, 0.15) is 5.56 Å². The quantitative estimate of drug-likeness (QED) is 0.443. The van der Waals surface area contributed by atoms with Gasteiger partial charge >= 0.3 is 51.4 Å².